The zero-order valence-corrected chi connectivity index (χ0v) is 15.7. The van der Waals surface area contributed by atoms with E-state index >= 15 is 0 Å². The average Bonchev–Trinajstić information content (AvgIpc) is 2.97. The molecule has 2 N–H and O–H groups in total. The van der Waals surface area contributed by atoms with Crippen molar-refractivity contribution in [1.29, 1.82) is 0 Å². The summed E-state index contributed by atoms with van der Waals surface area (Å²) in [7, 11) is 4.12. The molecular formula is C18H30N4S. The van der Waals surface area contributed by atoms with Crippen LogP contribution in [-0.2, 0) is 6.54 Å². The Morgan fingerprint density at radius 1 is 1.26 bits per heavy atom. The number of nitrogens with one attached hydrogen (secondary N) is 2. The zero-order chi connectivity index (χ0) is 16.7. The van der Waals surface area contributed by atoms with Crippen LogP contribution in [0.5, 0.6) is 0 Å². The van der Waals surface area contributed by atoms with Crippen molar-refractivity contribution in [3.8, 4) is 0 Å². The van der Waals surface area contributed by atoms with Crippen molar-refractivity contribution >= 4 is 23.4 Å². The van der Waals surface area contributed by atoms with Crippen molar-refractivity contribution in [2.24, 2.45) is 4.99 Å². The van der Waals surface area contributed by atoms with Crippen LogP contribution >= 0.6 is 11.8 Å². The van der Waals surface area contributed by atoms with Gasteiger partial charge in [0.1, 0.15) is 0 Å². The maximum Gasteiger partial charge on any atom is 0.191 e. The van der Waals surface area contributed by atoms with E-state index < -0.39 is 0 Å². The normalized spacial score (nSPS) is 21.3. The summed E-state index contributed by atoms with van der Waals surface area (Å²) in [4.78, 5) is 6.83. The number of hydrogen-bond acceptors (Lipinski definition) is 3. The lowest BCUT2D eigenvalue weighted by atomic mass is 10.1. The molecule has 0 saturated carbocycles. The first-order valence-electron chi connectivity index (χ1n) is 8.45. The highest BCUT2D eigenvalue weighted by molar-refractivity contribution is 8.00. The number of thioether (sulfide) groups is 1. The van der Waals surface area contributed by atoms with Gasteiger partial charge in [0.05, 0.1) is 6.54 Å². The fraction of sp³-hybridized carbons (Fsp3) is 0.611. The monoisotopic (exact) mass is 334 g/mol. The highest BCUT2D eigenvalue weighted by Gasteiger charge is 2.29. The van der Waals surface area contributed by atoms with Gasteiger partial charge in [-0.1, -0.05) is 12.1 Å². The molecule has 1 atom stereocenters. The van der Waals surface area contributed by atoms with Gasteiger partial charge in [-0.2, -0.15) is 11.8 Å². The Morgan fingerprint density at radius 2 is 2.00 bits per heavy atom. The summed E-state index contributed by atoms with van der Waals surface area (Å²) in [6.07, 6.45) is 2.62. The summed E-state index contributed by atoms with van der Waals surface area (Å²) in [5.41, 5.74) is 2.45. The van der Waals surface area contributed by atoms with Gasteiger partial charge >= 0.3 is 0 Å². The van der Waals surface area contributed by atoms with Crippen molar-refractivity contribution in [2.75, 3.05) is 37.8 Å². The highest BCUT2D eigenvalue weighted by atomic mass is 32.2. The van der Waals surface area contributed by atoms with Gasteiger partial charge in [0.25, 0.3) is 0 Å². The quantitative estimate of drug-likeness (QED) is 0.619. The Morgan fingerprint density at radius 3 is 2.57 bits per heavy atom. The van der Waals surface area contributed by atoms with Gasteiger partial charge in [0.2, 0.25) is 0 Å². The molecule has 1 aliphatic heterocycles. The van der Waals surface area contributed by atoms with Crippen LogP contribution in [0.25, 0.3) is 0 Å². The molecule has 4 nitrogen and oxygen atoms in total. The fourth-order valence-corrected chi connectivity index (χ4v) is 3.90. The second kappa shape index (κ2) is 8.48. The molecule has 1 aliphatic rings. The van der Waals surface area contributed by atoms with E-state index in [1.807, 2.05) is 0 Å². The van der Waals surface area contributed by atoms with E-state index in [9.17, 15) is 0 Å². The molecule has 0 aromatic heterocycles. The van der Waals surface area contributed by atoms with E-state index in [2.05, 4.69) is 79.5 Å². The van der Waals surface area contributed by atoms with Gasteiger partial charge in [-0.15, -0.1) is 0 Å². The molecule has 1 heterocycles. The fourth-order valence-electron chi connectivity index (χ4n) is 2.66. The van der Waals surface area contributed by atoms with Crippen LogP contribution in [0, 0.1) is 0 Å². The number of nitrogens with zero attached hydrogens (tertiary/aromatic N) is 2. The SMILES string of the molecule is CCNC(=NCc1ccc(N(C)C)cc1)NCC1(C)CCCS1. The molecule has 2 rings (SSSR count). The molecule has 1 aromatic rings. The number of aliphatic imine (C=N–C) groups is 1. The Hall–Kier alpha value is -1.36. The van der Waals surface area contributed by atoms with Crippen LogP contribution in [0.15, 0.2) is 29.3 Å². The third-order valence-corrected chi connectivity index (χ3v) is 5.69. The molecule has 23 heavy (non-hydrogen) atoms. The maximum absolute atomic E-state index is 4.72. The van der Waals surface area contributed by atoms with E-state index in [0.717, 1.165) is 19.0 Å². The Balaban J connectivity index is 1.92. The largest absolute Gasteiger partial charge is 0.378 e. The van der Waals surface area contributed by atoms with E-state index in [1.165, 1.54) is 29.8 Å². The molecule has 1 aromatic carbocycles. The third-order valence-electron chi connectivity index (χ3n) is 4.15. The second-order valence-corrected chi connectivity index (χ2v) is 8.19. The summed E-state index contributed by atoms with van der Waals surface area (Å²) in [5, 5.41) is 6.86. The van der Waals surface area contributed by atoms with Crippen molar-refractivity contribution < 1.29 is 0 Å². The molecule has 1 fully saturated rings. The third kappa shape index (κ3) is 5.65. The minimum Gasteiger partial charge on any atom is -0.378 e. The van der Waals surface area contributed by atoms with Crippen molar-refractivity contribution in [2.45, 2.75) is 38.0 Å². The van der Waals surface area contributed by atoms with Gasteiger partial charge in [-0.25, -0.2) is 4.99 Å². The van der Waals surface area contributed by atoms with E-state index in [0.29, 0.717) is 11.3 Å². The average molecular weight is 335 g/mol. The molecular weight excluding hydrogens is 304 g/mol. The molecule has 0 radical (unpaired) electrons. The van der Waals surface area contributed by atoms with Crippen LogP contribution in [0.3, 0.4) is 0 Å². The van der Waals surface area contributed by atoms with Gasteiger partial charge in [-0.3, -0.25) is 0 Å². The van der Waals surface area contributed by atoms with E-state index in [4.69, 9.17) is 4.99 Å². The molecule has 0 spiro atoms. The first kappa shape index (κ1) is 18.0. The molecule has 1 unspecified atom stereocenters. The summed E-state index contributed by atoms with van der Waals surface area (Å²) in [5.74, 6) is 2.20. The number of hydrogen-bond donors (Lipinski definition) is 2. The standard InChI is InChI=1S/C18H30N4S/c1-5-19-17(21-14-18(2)11-6-12-23-18)20-13-15-7-9-16(10-8-15)22(3)4/h7-10H,5-6,11-14H2,1-4H3,(H2,19,20,21). The highest BCUT2D eigenvalue weighted by Crippen LogP contribution is 2.36. The van der Waals surface area contributed by atoms with Gasteiger partial charge in [0, 0.05) is 37.6 Å². The van der Waals surface area contributed by atoms with Crippen LogP contribution < -0.4 is 15.5 Å². The summed E-state index contributed by atoms with van der Waals surface area (Å²) < 4.78 is 0.351. The predicted molar refractivity (Wildman–Crippen MR) is 104 cm³/mol. The minimum atomic E-state index is 0.351. The van der Waals surface area contributed by atoms with Crippen molar-refractivity contribution in [1.82, 2.24) is 10.6 Å². The van der Waals surface area contributed by atoms with Gasteiger partial charge < -0.3 is 15.5 Å². The first-order chi connectivity index (χ1) is 11.0. The Bertz CT molecular complexity index is 504. The number of rotatable bonds is 6. The molecule has 128 valence electrons. The summed E-state index contributed by atoms with van der Waals surface area (Å²) >= 11 is 2.07. The van der Waals surface area contributed by atoms with Crippen LogP contribution in [0.4, 0.5) is 5.69 Å². The lowest BCUT2D eigenvalue weighted by molar-refractivity contribution is 0.584. The number of benzene rings is 1. The molecule has 5 heteroatoms. The van der Waals surface area contributed by atoms with Gasteiger partial charge in [0.15, 0.2) is 5.96 Å². The first-order valence-corrected chi connectivity index (χ1v) is 9.43. The molecule has 0 bridgehead atoms. The molecule has 0 aliphatic carbocycles. The van der Waals surface area contributed by atoms with Crippen molar-refractivity contribution in [3.05, 3.63) is 29.8 Å². The molecule has 0 amide bonds. The van der Waals surface area contributed by atoms with E-state index in [-0.39, 0.29) is 0 Å². The predicted octanol–water partition coefficient (Wildman–Crippen LogP) is 3.09. The second-order valence-electron chi connectivity index (χ2n) is 6.51. The maximum atomic E-state index is 4.72. The Labute approximate surface area is 145 Å². The number of anilines is 1. The molecule has 1 saturated heterocycles. The topological polar surface area (TPSA) is 39.7 Å². The van der Waals surface area contributed by atoms with Crippen LogP contribution in [-0.4, -0.2) is 43.6 Å². The lowest BCUT2D eigenvalue weighted by Crippen LogP contribution is -2.43. The smallest absolute Gasteiger partial charge is 0.191 e. The zero-order valence-electron chi connectivity index (χ0n) is 14.9. The lowest BCUT2D eigenvalue weighted by Gasteiger charge is -2.24. The van der Waals surface area contributed by atoms with Crippen molar-refractivity contribution in [3.63, 3.8) is 0 Å². The number of guanidine groups is 1. The minimum absolute atomic E-state index is 0.351. The van der Waals surface area contributed by atoms with Crippen LogP contribution in [0.2, 0.25) is 0 Å². The Kier molecular flexibility index (Phi) is 6.63. The van der Waals surface area contributed by atoms with E-state index in [1.54, 1.807) is 0 Å². The van der Waals surface area contributed by atoms with Crippen LogP contribution in [0.1, 0.15) is 32.3 Å². The summed E-state index contributed by atoms with van der Waals surface area (Å²) in [6, 6.07) is 8.58. The van der Waals surface area contributed by atoms with Gasteiger partial charge in [-0.05, 0) is 50.1 Å². The summed E-state index contributed by atoms with van der Waals surface area (Å²) in [6.45, 7) is 7.02.